The summed E-state index contributed by atoms with van der Waals surface area (Å²) in [6.07, 6.45) is 4.13. The highest BCUT2D eigenvalue weighted by molar-refractivity contribution is 5.88. The van der Waals surface area contributed by atoms with Crippen LogP contribution >= 0.6 is 0 Å². The Hall–Kier alpha value is -2.70. The van der Waals surface area contributed by atoms with Crippen LogP contribution in [0.4, 0.5) is 0 Å². The van der Waals surface area contributed by atoms with Crippen molar-refractivity contribution in [1.29, 1.82) is 0 Å². The number of fused-ring (bicyclic) bond motifs is 1. The first-order valence-corrected chi connectivity index (χ1v) is 7.09. The first kappa shape index (κ1) is 14.2. The average Bonchev–Trinajstić information content (AvgIpc) is 3.04. The average molecular weight is 300 g/mol. The summed E-state index contributed by atoms with van der Waals surface area (Å²) in [6.45, 7) is 1.62. The van der Waals surface area contributed by atoms with Gasteiger partial charge in [0.2, 0.25) is 5.91 Å². The SMILES string of the molecule is O=C(O)c1ccc2c(c1)CN(C(=O)CCn1cncn1)CC2. The highest BCUT2D eigenvalue weighted by atomic mass is 16.4. The van der Waals surface area contributed by atoms with Crippen LogP contribution in [0.5, 0.6) is 0 Å². The van der Waals surface area contributed by atoms with Gasteiger partial charge in [-0.2, -0.15) is 5.10 Å². The number of amides is 1. The second kappa shape index (κ2) is 5.97. The van der Waals surface area contributed by atoms with Gasteiger partial charge >= 0.3 is 5.97 Å². The summed E-state index contributed by atoms with van der Waals surface area (Å²) in [6, 6.07) is 5.12. The zero-order valence-corrected chi connectivity index (χ0v) is 12.0. The van der Waals surface area contributed by atoms with Gasteiger partial charge in [-0.05, 0) is 29.7 Å². The number of carbonyl (C=O) groups excluding carboxylic acids is 1. The van der Waals surface area contributed by atoms with Gasteiger partial charge in [0.05, 0.1) is 12.1 Å². The summed E-state index contributed by atoms with van der Waals surface area (Å²) in [7, 11) is 0. The first-order valence-electron chi connectivity index (χ1n) is 7.09. The smallest absolute Gasteiger partial charge is 0.335 e. The van der Waals surface area contributed by atoms with Crippen LogP contribution in [0.25, 0.3) is 0 Å². The molecule has 0 fully saturated rings. The molecule has 0 saturated heterocycles. The molecule has 0 unspecified atom stereocenters. The number of benzene rings is 1. The van der Waals surface area contributed by atoms with Crippen molar-refractivity contribution in [2.45, 2.75) is 25.9 Å². The zero-order chi connectivity index (χ0) is 15.5. The molecule has 1 aliphatic rings. The normalized spacial score (nSPS) is 13.7. The summed E-state index contributed by atoms with van der Waals surface area (Å²) in [4.78, 5) is 28.9. The van der Waals surface area contributed by atoms with E-state index in [-0.39, 0.29) is 11.5 Å². The summed E-state index contributed by atoms with van der Waals surface area (Å²) < 4.78 is 1.62. The quantitative estimate of drug-likeness (QED) is 0.908. The van der Waals surface area contributed by atoms with E-state index < -0.39 is 5.97 Å². The van der Waals surface area contributed by atoms with E-state index in [1.165, 1.54) is 6.33 Å². The third kappa shape index (κ3) is 2.98. The van der Waals surface area contributed by atoms with Crippen molar-refractivity contribution in [3.63, 3.8) is 0 Å². The largest absolute Gasteiger partial charge is 0.478 e. The molecule has 2 heterocycles. The van der Waals surface area contributed by atoms with E-state index in [0.29, 0.717) is 26.1 Å². The van der Waals surface area contributed by atoms with E-state index in [2.05, 4.69) is 10.1 Å². The van der Waals surface area contributed by atoms with Crippen LogP contribution in [0.1, 0.15) is 27.9 Å². The minimum Gasteiger partial charge on any atom is -0.478 e. The van der Waals surface area contributed by atoms with Crippen LogP contribution in [0, 0.1) is 0 Å². The summed E-state index contributed by atoms with van der Waals surface area (Å²) in [5.74, 6) is -0.903. The van der Waals surface area contributed by atoms with E-state index in [0.717, 1.165) is 17.5 Å². The number of aromatic nitrogens is 3. The molecule has 0 atom stereocenters. The minimum atomic E-state index is -0.947. The van der Waals surface area contributed by atoms with Gasteiger partial charge < -0.3 is 10.0 Å². The number of nitrogens with zero attached hydrogens (tertiary/aromatic N) is 4. The zero-order valence-electron chi connectivity index (χ0n) is 12.0. The number of carboxylic acids is 1. The van der Waals surface area contributed by atoms with Crippen LogP contribution in [0.3, 0.4) is 0 Å². The predicted octanol–water partition coefficient (Wildman–Crippen LogP) is 0.951. The molecular weight excluding hydrogens is 284 g/mol. The van der Waals surface area contributed by atoms with Crippen molar-refractivity contribution in [2.75, 3.05) is 6.54 Å². The van der Waals surface area contributed by atoms with Crippen LogP contribution in [0.15, 0.2) is 30.9 Å². The maximum atomic E-state index is 12.3. The lowest BCUT2D eigenvalue weighted by atomic mass is 9.97. The van der Waals surface area contributed by atoms with E-state index in [1.54, 1.807) is 28.0 Å². The number of aryl methyl sites for hydroxylation is 1. The Bertz CT molecular complexity index is 697. The minimum absolute atomic E-state index is 0.0434. The topological polar surface area (TPSA) is 88.3 Å². The predicted molar refractivity (Wildman–Crippen MR) is 77.2 cm³/mol. The number of hydrogen-bond donors (Lipinski definition) is 1. The fourth-order valence-electron chi connectivity index (χ4n) is 2.62. The second-order valence-corrected chi connectivity index (χ2v) is 5.26. The fourth-order valence-corrected chi connectivity index (χ4v) is 2.62. The molecule has 7 heteroatoms. The lowest BCUT2D eigenvalue weighted by molar-refractivity contribution is -0.132. The maximum Gasteiger partial charge on any atom is 0.335 e. The van der Waals surface area contributed by atoms with Crippen molar-refractivity contribution in [3.8, 4) is 0 Å². The molecule has 7 nitrogen and oxygen atoms in total. The Morgan fingerprint density at radius 2 is 2.14 bits per heavy atom. The Kier molecular flexibility index (Phi) is 3.86. The van der Waals surface area contributed by atoms with Gasteiger partial charge in [-0.15, -0.1) is 0 Å². The van der Waals surface area contributed by atoms with Crippen LogP contribution in [0.2, 0.25) is 0 Å². The molecule has 1 aromatic heterocycles. The highest BCUT2D eigenvalue weighted by Gasteiger charge is 2.21. The van der Waals surface area contributed by atoms with Gasteiger partial charge in [-0.1, -0.05) is 6.07 Å². The number of carbonyl (C=O) groups is 2. The highest BCUT2D eigenvalue weighted by Crippen LogP contribution is 2.21. The maximum absolute atomic E-state index is 12.3. The molecule has 0 aliphatic carbocycles. The van der Waals surface area contributed by atoms with E-state index in [1.807, 2.05) is 6.07 Å². The fraction of sp³-hybridized carbons (Fsp3) is 0.333. The Morgan fingerprint density at radius 3 is 2.86 bits per heavy atom. The molecule has 0 radical (unpaired) electrons. The van der Waals surface area contributed by atoms with Gasteiger partial charge in [-0.25, -0.2) is 9.78 Å². The van der Waals surface area contributed by atoms with Crippen molar-refractivity contribution < 1.29 is 14.7 Å². The number of rotatable bonds is 4. The molecule has 0 bridgehead atoms. The molecule has 0 saturated carbocycles. The van der Waals surface area contributed by atoms with Gasteiger partial charge in [0, 0.05) is 19.5 Å². The third-order valence-corrected chi connectivity index (χ3v) is 3.84. The summed E-state index contributed by atoms with van der Waals surface area (Å²) in [5, 5.41) is 13.0. The van der Waals surface area contributed by atoms with E-state index >= 15 is 0 Å². The van der Waals surface area contributed by atoms with E-state index in [9.17, 15) is 9.59 Å². The molecule has 1 aliphatic heterocycles. The number of carboxylic acid groups (broad SMARTS) is 1. The molecular formula is C15H16N4O3. The number of hydrogen-bond acceptors (Lipinski definition) is 4. The van der Waals surface area contributed by atoms with E-state index in [4.69, 9.17) is 5.11 Å². The van der Waals surface area contributed by atoms with Gasteiger partial charge in [-0.3, -0.25) is 9.48 Å². The molecule has 1 N–H and O–H groups in total. The molecule has 3 rings (SSSR count). The molecule has 2 aromatic rings. The Balaban J connectivity index is 1.66. The van der Waals surface area contributed by atoms with Gasteiger partial charge in [0.25, 0.3) is 0 Å². The first-order chi connectivity index (χ1) is 10.6. The molecule has 22 heavy (non-hydrogen) atoms. The van der Waals surface area contributed by atoms with Crippen molar-refractivity contribution in [3.05, 3.63) is 47.5 Å². The number of aromatic carboxylic acids is 1. The second-order valence-electron chi connectivity index (χ2n) is 5.26. The van der Waals surface area contributed by atoms with Crippen LogP contribution < -0.4 is 0 Å². The van der Waals surface area contributed by atoms with Crippen LogP contribution in [-0.4, -0.2) is 43.2 Å². The molecule has 1 aromatic carbocycles. The van der Waals surface area contributed by atoms with Gasteiger partial charge in [0.1, 0.15) is 12.7 Å². The Labute approximate surface area is 127 Å². The van der Waals surface area contributed by atoms with Gasteiger partial charge in [0.15, 0.2) is 0 Å². The lowest BCUT2D eigenvalue weighted by Crippen LogP contribution is -2.36. The monoisotopic (exact) mass is 300 g/mol. The van der Waals surface area contributed by atoms with Crippen molar-refractivity contribution in [1.82, 2.24) is 19.7 Å². The molecule has 0 spiro atoms. The molecule has 1 amide bonds. The van der Waals surface area contributed by atoms with Crippen LogP contribution in [-0.2, 0) is 24.3 Å². The third-order valence-electron chi connectivity index (χ3n) is 3.84. The van der Waals surface area contributed by atoms with Crippen molar-refractivity contribution >= 4 is 11.9 Å². The lowest BCUT2D eigenvalue weighted by Gasteiger charge is -2.29. The molecule has 114 valence electrons. The summed E-state index contributed by atoms with van der Waals surface area (Å²) >= 11 is 0. The standard InChI is InChI=1S/C15H16N4O3/c20-14(4-6-19-10-16-9-17-19)18-5-3-11-1-2-12(15(21)22)7-13(11)8-18/h1-2,7,9-10H,3-6,8H2,(H,21,22). The Morgan fingerprint density at radius 1 is 1.27 bits per heavy atom. The van der Waals surface area contributed by atoms with Crippen molar-refractivity contribution in [2.24, 2.45) is 0 Å². The summed E-state index contributed by atoms with van der Waals surface area (Å²) in [5.41, 5.74) is 2.29.